The van der Waals surface area contributed by atoms with Gasteiger partial charge in [-0.05, 0) is 56.5 Å². The number of alkyl carbamates (subject to hydrolysis) is 1. The highest BCUT2D eigenvalue weighted by molar-refractivity contribution is 5.94. The first-order chi connectivity index (χ1) is 22.8. The second-order valence-corrected chi connectivity index (χ2v) is 12.1. The summed E-state index contributed by atoms with van der Waals surface area (Å²) in [6.45, 7) is 6.38. The number of hydrogen-bond donors (Lipinski definition) is 5. The summed E-state index contributed by atoms with van der Waals surface area (Å²) < 4.78 is 10.4. The summed E-state index contributed by atoms with van der Waals surface area (Å²) in [5.41, 5.74) is 1.40. The van der Waals surface area contributed by atoms with E-state index in [9.17, 15) is 29.1 Å². The van der Waals surface area contributed by atoms with Crippen LogP contribution in [0.1, 0.15) is 44.4 Å². The molecule has 12 nitrogen and oxygen atoms in total. The van der Waals surface area contributed by atoms with E-state index in [2.05, 4.69) is 21.3 Å². The van der Waals surface area contributed by atoms with Crippen LogP contribution in [0.4, 0.5) is 4.79 Å². The Morgan fingerprint density at radius 3 is 1.62 bits per heavy atom. The average Bonchev–Trinajstić information content (AvgIpc) is 3.04. The fourth-order valence-electron chi connectivity index (χ4n) is 4.68. The number of esters is 1. The lowest BCUT2D eigenvalue weighted by Crippen LogP contribution is -2.57. The van der Waals surface area contributed by atoms with E-state index in [1.807, 2.05) is 12.1 Å². The van der Waals surface area contributed by atoms with Gasteiger partial charge in [0, 0.05) is 19.3 Å². The molecule has 0 aliphatic heterocycles. The fourth-order valence-corrected chi connectivity index (χ4v) is 4.68. The van der Waals surface area contributed by atoms with Gasteiger partial charge in [-0.3, -0.25) is 14.4 Å². The topological polar surface area (TPSA) is 172 Å². The fraction of sp³-hybridized carbons (Fsp3) is 0.361. The lowest BCUT2D eigenvalue weighted by atomic mass is 10.0. The van der Waals surface area contributed by atoms with Crippen LogP contribution < -0.4 is 21.3 Å². The number of phenolic OH excluding ortho intramolecular Hbond substituents is 1. The first kappa shape index (κ1) is 37.1. The molecule has 3 aromatic carbocycles. The number of ether oxygens (including phenoxy) is 2. The first-order valence-corrected chi connectivity index (χ1v) is 15.7. The molecule has 0 saturated heterocycles. The number of benzene rings is 3. The third-order valence-electron chi connectivity index (χ3n) is 6.91. The van der Waals surface area contributed by atoms with Gasteiger partial charge in [0.25, 0.3) is 0 Å². The molecule has 0 bridgehead atoms. The molecular formula is C36H44N4O8. The van der Waals surface area contributed by atoms with Gasteiger partial charge >= 0.3 is 12.1 Å². The van der Waals surface area contributed by atoms with E-state index in [0.29, 0.717) is 5.56 Å². The van der Waals surface area contributed by atoms with E-state index in [-0.39, 0.29) is 31.6 Å². The van der Waals surface area contributed by atoms with Gasteiger partial charge < -0.3 is 35.8 Å². The molecule has 12 heteroatoms. The Hall–Kier alpha value is -5.39. The predicted octanol–water partition coefficient (Wildman–Crippen LogP) is 2.96. The zero-order valence-electron chi connectivity index (χ0n) is 27.7. The average molecular weight is 661 g/mol. The van der Waals surface area contributed by atoms with Gasteiger partial charge in [-0.15, -0.1) is 0 Å². The summed E-state index contributed by atoms with van der Waals surface area (Å²) in [6, 6.07) is 20.9. The van der Waals surface area contributed by atoms with Crippen LogP contribution in [0.15, 0.2) is 84.9 Å². The molecule has 3 atom stereocenters. The molecule has 0 unspecified atom stereocenters. The number of carbonyl (C=O) groups excluding carboxylic acids is 5. The summed E-state index contributed by atoms with van der Waals surface area (Å²) in [7, 11) is 0. The lowest BCUT2D eigenvalue weighted by Gasteiger charge is -2.25. The van der Waals surface area contributed by atoms with Gasteiger partial charge in [0.1, 0.15) is 36.0 Å². The van der Waals surface area contributed by atoms with E-state index >= 15 is 0 Å². The number of hydrogen-bond acceptors (Lipinski definition) is 8. The third kappa shape index (κ3) is 13.1. The van der Waals surface area contributed by atoms with Crippen molar-refractivity contribution < 1.29 is 38.6 Å². The number of rotatable bonds is 15. The minimum absolute atomic E-state index is 0.0545. The molecule has 0 aliphatic rings. The summed E-state index contributed by atoms with van der Waals surface area (Å²) >= 11 is 0. The molecule has 256 valence electrons. The largest absolute Gasteiger partial charge is 0.508 e. The van der Waals surface area contributed by atoms with Crippen molar-refractivity contribution in [2.45, 2.75) is 70.7 Å². The summed E-state index contributed by atoms with van der Waals surface area (Å²) in [6.07, 6.45) is -0.533. The first-order valence-electron chi connectivity index (χ1n) is 15.7. The van der Waals surface area contributed by atoms with Crippen LogP contribution in [-0.4, -0.2) is 71.8 Å². The minimum atomic E-state index is -1.15. The van der Waals surface area contributed by atoms with Crippen LogP contribution in [0.5, 0.6) is 5.75 Å². The second kappa shape index (κ2) is 18.1. The van der Waals surface area contributed by atoms with Crippen molar-refractivity contribution in [1.29, 1.82) is 0 Å². The highest BCUT2D eigenvalue weighted by Crippen LogP contribution is 2.13. The highest BCUT2D eigenvalue weighted by atomic mass is 16.6. The normalized spacial score (nSPS) is 12.8. The van der Waals surface area contributed by atoms with Crippen molar-refractivity contribution in [3.05, 3.63) is 102 Å². The Morgan fingerprint density at radius 1 is 0.667 bits per heavy atom. The van der Waals surface area contributed by atoms with Crippen LogP contribution in [0.25, 0.3) is 0 Å². The van der Waals surface area contributed by atoms with Gasteiger partial charge in [-0.25, -0.2) is 9.59 Å². The summed E-state index contributed by atoms with van der Waals surface area (Å²) in [5, 5.41) is 20.2. The third-order valence-corrected chi connectivity index (χ3v) is 6.91. The number of carbonyl (C=O) groups is 5. The molecule has 0 saturated carbocycles. The Balaban J connectivity index is 1.83. The van der Waals surface area contributed by atoms with Crippen molar-refractivity contribution in [3.8, 4) is 5.75 Å². The van der Waals surface area contributed by atoms with Crippen LogP contribution in [0.3, 0.4) is 0 Å². The maximum Gasteiger partial charge on any atom is 0.408 e. The van der Waals surface area contributed by atoms with Crippen molar-refractivity contribution in [1.82, 2.24) is 21.3 Å². The monoisotopic (exact) mass is 660 g/mol. The number of phenols is 1. The number of aromatic hydroxyl groups is 1. The Kier molecular flexibility index (Phi) is 14.0. The van der Waals surface area contributed by atoms with Crippen LogP contribution in [0.2, 0.25) is 0 Å². The smallest absolute Gasteiger partial charge is 0.408 e. The van der Waals surface area contributed by atoms with Crippen molar-refractivity contribution in [2.24, 2.45) is 0 Å². The molecule has 4 amide bonds. The van der Waals surface area contributed by atoms with Gasteiger partial charge in [-0.1, -0.05) is 72.8 Å². The standard InChI is InChI=1S/C36H44N4O8/c1-5-47-34(45)30(22-26-16-18-27(41)19-17-26)40-33(44)29(21-25-14-10-7-11-15-25)39-32(43)28(20-24-12-8-6-9-13-24)38-31(42)23-37-35(46)48-36(2,3)4/h6-19,28-30,41H,5,20-23H2,1-4H3,(H,37,46)(H,38,42)(H,39,43)(H,40,44)/t28-,29-,30-/m0/s1. The number of amides is 4. The van der Waals surface area contributed by atoms with Crippen molar-refractivity contribution >= 4 is 29.8 Å². The minimum Gasteiger partial charge on any atom is -0.508 e. The van der Waals surface area contributed by atoms with Gasteiger partial charge in [-0.2, -0.15) is 0 Å². The molecule has 0 heterocycles. The SMILES string of the molecule is CCOC(=O)[C@H](Cc1ccc(O)cc1)NC(=O)[C@H](Cc1ccccc1)NC(=O)[C@H](Cc1ccccc1)NC(=O)CNC(=O)OC(C)(C)C. The maximum atomic E-state index is 13.8. The molecule has 0 spiro atoms. The molecule has 0 radical (unpaired) electrons. The zero-order valence-corrected chi connectivity index (χ0v) is 27.7. The summed E-state index contributed by atoms with van der Waals surface area (Å²) in [5.74, 6) is -2.53. The van der Waals surface area contributed by atoms with E-state index in [0.717, 1.165) is 11.1 Å². The molecule has 48 heavy (non-hydrogen) atoms. The van der Waals surface area contributed by atoms with Gasteiger partial charge in [0.15, 0.2) is 0 Å². The summed E-state index contributed by atoms with van der Waals surface area (Å²) in [4.78, 5) is 65.5. The maximum absolute atomic E-state index is 13.8. The van der Waals surface area contributed by atoms with E-state index < -0.39 is 60.1 Å². The Labute approximate surface area is 280 Å². The highest BCUT2D eigenvalue weighted by Gasteiger charge is 2.31. The lowest BCUT2D eigenvalue weighted by molar-refractivity contribution is -0.147. The van der Waals surface area contributed by atoms with Crippen LogP contribution in [-0.2, 0) is 47.9 Å². The molecule has 3 rings (SSSR count). The molecule has 5 N–H and O–H groups in total. The zero-order chi connectivity index (χ0) is 35.1. The van der Waals surface area contributed by atoms with Crippen molar-refractivity contribution in [3.63, 3.8) is 0 Å². The van der Waals surface area contributed by atoms with Crippen LogP contribution >= 0.6 is 0 Å². The number of nitrogens with one attached hydrogen (secondary N) is 4. The quantitative estimate of drug-likeness (QED) is 0.155. The molecule has 0 fully saturated rings. The Morgan fingerprint density at radius 2 is 1.12 bits per heavy atom. The molecule has 0 aromatic heterocycles. The van der Waals surface area contributed by atoms with E-state index in [1.165, 1.54) is 12.1 Å². The second-order valence-electron chi connectivity index (χ2n) is 12.1. The van der Waals surface area contributed by atoms with Crippen LogP contribution in [0, 0.1) is 0 Å². The van der Waals surface area contributed by atoms with E-state index in [1.54, 1.807) is 88.4 Å². The molecule has 0 aliphatic carbocycles. The van der Waals surface area contributed by atoms with Gasteiger partial charge in [0.05, 0.1) is 6.61 Å². The molecular weight excluding hydrogens is 616 g/mol. The van der Waals surface area contributed by atoms with Crippen molar-refractivity contribution in [2.75, 3.05) is 13.2 Å². The Bertz CT molecular complexity index is 1510. The molecule has 3 aromatic rings. The van der Waals surface area contributed by atoms with Gasteiger partial charge in [0.2, 0.25) is 17.7 Å². The van der Waals surface area contributed by atoms with E-state index in [4.69, 9.17) is 9.47 Å². The predicted molar refractivity (Wildman–Crippen MR) is 179 cm³/mol.